The molecule has 2 aromatic rings. The van der Waals surface area contributed by atoms with E-state index in [1.54, 1.807) is 17.0 Å². The van der Waals surface area contributed by atoms with Gasteiger partial charge in [0.05, 0.1) is 11.4 Å². The third-order valence-electron chi connectivity index (χ3n) is 4.87. The van der Waals surface area contributed by atoms with Crippen molar-refractivity contribution in [3.63, 3.8) is 0 Å². The van der Waals surface area contributed by atoms with Crippen molar-refractivity contribution in [1.29, 1.82) is 0 Å². The van der Waals surface area contributed by atoms with E-state index in [1.165, 1.54) is 11.8 Å². The summed E-state index contributed by atoms with van der Waals surface area (Å²) in [5.41, 5.74) is 2.56. The Hall–Kier alpha value is -2.64. The lowest BCUT2D eigenvalue weighted by Crippen LogP contribution is -2.42. The molecule has 0 bridgehead atoms. The number of para-hydroxylation sites is 1. The number of amidine groups is 2. The zero-order chi connectivity index (χ0) is 21.3. The Bertz CT molecular complexity index is 1050. The lowest BCUT2D eigenvalue weighted by Gasteiger charge is -2.25. The number of thioether (sulfide) groups is 1. The summed E-state index contributed by atoms with van der Waals surface area (Å²) in [6, 6.07) is 14.5. The first-order chi connectivity index (χ1) is 14.4. The van der Waals surface area contributed by atoms with Gasteiger partial charge in [0.2, 0.25) is 5.91 Å². The zero-order valence-electron chi connectivity index (χ0n) is 16.6. The number of hydrogen-bond donors (Lipinski definition) is 1. The predicted octanol–water partition coefficient (Wildman–Crippen LogP) is 4.00. The van der Waals surface area contributed by atoms with Gasteiger partial charge in [-0.3, -0.25) is 14.6 Å². The highest BCUT2D eigenvalue weighted by atomic mass is 35.5. The van der Waals surface area contributed by atoms with Crippen LogP contribution in [0.4, 0.5) is 5.69 Å². The molecule has 0 radical (unpaired) electrons. The molecular formula is C22H21ClN4O2S. The Morgan fingerprint density at radius 3 is 2.67 bits per heavy atom. The molecule has 2 amide bonds. The Labute approximate surface area is 184 Å². The van der Waals surface area contributed by atoms with Gasteiger partial charge in [0, 0.05) is 17.1 Å². The molecule has 2 aliphatic rings. The molecule has 1 N–H and O–H groups in total. The Morgan fingerprint density at radius 2 is 1.93 bits per heavy atom. The van der Waals surface area contributed by atoms with Crippen LogP contribution in [0.15, 0.2) is 58.5 Å². The molecule has 4 rings (SSSR count). The third-order valence-corrected chi connectivity index (χ3v) is 6.06. The Kier molecular flexibility index (Phi) is 5.92. The van der Waals surface area contributed by atoms with Gasteiger partial charge in [-0.25, -0.2) is 9.89 Å². The molecule has 8 heteroatoms. The number of halogens is 1. The van der Waals surface area contributed by atoms with Crippen molar-refractivity contribution >= 4 is 51.9 Å². The number of amides is 2. The van der Waals surface area contributed by atoms with E-state index in [-0.39, 0.29) is 23.5 Å². The topological polar surface area (TPSA) is 74.1 Å². The van der Waals surface area contributed by atoms with Crippen LogP contribution in [-0.2, 0) is 16.1 Å². The number of nitrogens with one attached hydrogen (secondary N) is 1. The highest BCUT2D eigenvalue weighted by Gasteiger charge is 2.42. The average molecular weight is 441 g/mol. The molecule has 2 aromatic carbocycles. The van der Waals surface area contributed by atoms with Gasteiger partial charge >= 0.3 is 0 Å². The van der Waals surface area contributed by atoms with Crippen LogP contribution < -0.4 is 5.32 Å². The summed E-state index contributed by atoms with van der Waals surface area (Å²) in [7, 11) is 0. The standard InChI is InChI=1S/C22H21ClN4O2S/c1-13(2)19-21(29)27-20(26-19)16-5-3-4-6-17(16)25-22(27)30-12-18(28)24-11-14-7-9-15(23)10-8-14/h3-10,13,19H,11-12H2,1-2H3,(H,24,28)/t19-/m1/s1. The van der Waals surface area contributed by atoms with Gasteiger partial charge in [-0.1, -0.05) is 61.5 Å². The van der Waals surface area contributed by atoms with E-state index in [1.807, 2.05) is 50.2 Å². The molecule has 0 unspecified atom stereocenters. The minimum atomic E-state index is -0.435. The minimum absolute atomic E-state index is 0.0803. The lowest BCUT2D eigenvalue weighted by molar-refractivity contribution is -0.125. The normalized spacial score (nSPS) is 17.4. The highest BCUT2D eigenvalue weighted by molar-refractivity contribution is 8.14. The van der Waals surface area contributed by atoms with E-state index < -0.39 is 6.04 Å². The molecule has 6 nitrogen and oxygen atoms in total. The van der Waals surface area contributed by atoms with Gasteiger partial charge in [-0.15, -0.1) is 0 Å². The van der Waals surface area contributed by atoms with Crippen molar-refractivity contribution in [2.24, 2.45) is 15.9 Å². The SMILES string of the molecule is CC(C)[C@H]1N=C2c3ccccc3N=C(SCC(=O)NCc3ccc(Cl)cc3)N2C1=O. The van der Waals surface area contributed by atoms with E-state index in [9.17, 15) is 9.59 Å². The first-order valence-corrected chi connectivity index (χ1v) is 11.0. The first kappa shape index (κ1) is 20.6. The van der Waals surface area contributed by atoms with E-state index in [0.717, 1.165) is 16.8 Å². The number of benzene rings is 2. The van der Waals surface area contributed by atoms with Crippen molar-refractivity contribution in [3.8, 4) is 0 Å². The van der Waals surface area contributed by atoms with E-state index in [4.69, 9.17) is 11.6 Å². The third kappa shape index (κ3) is 4.13. The summed E-state index contributed by atoms with van der Waals surface area (Å²) in [6.07, 6.45) is 0. The zero-order valence-corrected chi connectivity index (χ0v) is 18.2. The molecule has 2 aliphatic heterocycles. The molecule has 0 saturated heterocycles. The average Bonchev–Trinajstić information content (AvgIpc) is 3.10. The highest BCUT2D eigenvalue weighted by Crippen LogP contribution is 2.34. The van der Waals surface area contributed by atoms with Crippen molar-refractivity contribution in [3.05, 3.63) is 64.7 Å². The van der Waals surface area contributed by atoms with Gasteiger partial charge in [0.15, 0.2) is 5.17 Å². The minimum Gasteiger partial charge on any atom is -0.351 e. The first-order valence-electron chi connectivity index (χ1n) is 9.68. The monoisotopic (exact) mass is 440 g/mol. The molecule has 154 valence electrons. The summed E-state index contributed by atoms with van der Waals surface area (Å²) < 4.78 is 0. The fourth-order valence-corrected chi connectivity index (χ4v) is 4.24. The number of hydrogen-bond acceptors (Lipinski definition) is 5. The lowest BCUT2D eigenvalue weighted by atomic mass is 10.1. The van der Waals surface area contributed by atoms with Crippen molar-refractivity contribution < 1.29 is 9.59 Å². The summed E-state index contributed by atoms with van der Waals surface area (Å²) in [4.78, 5) is 36.2. The van der Waals surface area contributed by atoms with Crippen LogP contribution >= 0.6 is 23.4 Å². The number of carbonyl (C=O) groups excluding carboxylic acids is 2. The quantitative estimate of drug-likeness (QED) is 0.763. The van der Waals surface area contributed by atoms with Crippen molar-refractivity contribution in [2.45, 2.75) is 26.4 Å². The second kappa shape index (κ2) is 8.62. The number of nitrogens with zero attached hydrogens (tertiary/aromatic N) is 3. The van der Waals surface area contributed by atoms with Crippen LogP contribution in [0.25, 0.3) is 0 Å². The van der Waals surface area contributed by atoms with Crippen molar-refractivity contribution in [1.82, 2.24) is 10.2 Å². The maximum Gasteiger partial charge on any atom is 0.259 e. The second-order valence-electron chi connectivity index (χ2n) is 7.42. The molecule has 0 aromatic heterocycles. The summed E-state index contributed by atoms with van der Waals surface area (Å²) >= 11 is 7.13. The number of rotatable bonds is 5. The van der Waals surface area contributed by atoms with E-state index in [2.05, 4.69) is 15.3 Å². The van der Waals surface area contributed by atoms with Crippen LogP contribution in [0.3, 0.4) is 0 Å². The molecular weight excluding hydrogens is 420 g/mol. The second-order valence-corrected chi connectivity index (χ2v) is 8.80. The largest absolute Gasteiger partial charge is 0.351 e. The molecule has 2 heterocycles. The molecule has 1 atom stereocenters. The summed E-state index contributed by atoms with van der Waals surface area (Å²) in [5.74, 6) is 0.618. The summed E-state index contributed by atoms with van der Waals surface area (Å²) in [6.45, 7) is 4.37. The number of carbonyl (C=O) groups is 2. The van der Waals surface area contributed by atoms with Crippen LogP contribution in [0.1, 0.15) is 25.0 Å². The van der Waals surface area contributed by atoms with Gasteiger partial charge < -0.3 is 5.32 Å². The molecule has 30 heavy (non-hydrogen) atoms. The maximum atomic E-state index is 13.0. The van der Waals surface area contributed by atoms with Gasteiger partial charge in [-0.2, -0.15) is 0 Å². The number of fused-ring (bicyclic) bond motifs is 3. The van der Waals surface area contributed by atoms with Gasteiger partial charge in [0.1, 0.15) is 11.9 Å². The Balaban J connectivity index is 1.47. The van der Waals surface area contributed by atoms with E-state index >= 15 is 0 Å². The smallest absolute Gasteiger partial charge is 0.259 e. The van der Waals surface area contributed by atoms with Gasteiger partial charge in [0.25, 0.3) is 5.91 Å². The van der Waals surface area contributed by atoms with Crippen LogP contribution in [-0.4, -0.2) is 39.5 Å². The van der Waals surface area contributed by atoms with Crippen LogP contribution in [0.5, 0.6) is 0 Å². The molecule has 0 spiro atoms. The fourth-order valence-electron chi connectivity index (χ4n) is 3.28. The Morgan fingerprint density at radius 1 is 1.20 bits per heavy atom. The van der Waals surface area contributed by atoms with Crippen LogP contribution in [0, 0.1) is 5.92 Å². The molecule has 0 fully saturated rings. The predicted molar refractivity (Wildman–Crippen MR) is 121 cm³/mol. The van der Waals surface area contributed by atoms with Crippen molar-refractivity contribution in [2.75, 3.05) is 5.75 Å². The van der Waals surface area contributed by atoms with E-state index in [0.29, 0.717) is 22.6 Å². The van der Waals surface area contributed by atoms with Gasteiger partial charge in [-0.05, 0) is 35.7 Å². The number of aliphatic imine (C=N–C) groups is 2. The molecule has 0 saturated carbocycles. The summed E-state index contributed by atoms with van der Waals surface area (Å²) in [5, 5.41) is 4.03. The fraction of sp³-hybridized carbons (Fsp3) is 0.273. The molecule has 0 aliphatic carbocycles. The maximum absolute atomic E-state index is 13.0. The van der Waals surface area contributed by atoms with Crippen LogP contribution in [0.2, 0.25) is 5.02 Å².